The number of rotatable bonds is 4. The van der Waals surface area contributed by atoms with Crippen LogP contribution < -0.4 is 5.32 Å². The van der Waals surface area contributed by atoms with E-state index in [1.807, 2.05) is 18.4 Å². The molecule has 0 fully saturated rings. The van der Waals surface area contributed by atoms with Gasteiger partial charge in [-0.3, -0.25) is 0 Å². The monoisotopic (exact) mass is 315 g/mol. The van der Waals surface area contributed by atoms with Crippen molar-refractivity contribution in [2.24, 2.45) is 0 Å². The zero-order valence-corrected chi connectivity index (χ0v) is 12.3. The Labute approximate surface area is 124 Å². The molecule has 3 nitrogen and oxygen atoms in total. The van der Waals surface area contributed by atoms with E-state index < -0.39 is 12.0 Å². The summed E-state index contributed by atoms with van der Waals surface area (Å²) in [6.07, 6.45) is 0. The quantitative estimate of drug-likeness (QED) is 0.866. The molecular weight excluding hydrogens is 305 g/mol. The lowest BCUT2D eigenvalue weighted by Gasteiger charge is -2.14. The van der Waals surface area contributed by atoms with Crippen LogP contribution in [0.5, 0.6) is 0 Å². The number of nitrogens with one attached hydrogen (secondary N) is 1. The van der Waals surface area contributed by atoms with Gasteiger partial charge in [0.15, 0.2) is 6.04 Å². The van der Waals surface area contributed by atoms with Crippen molar-refractivity contribution < 1.29 is 9.90 Å². The molecule has 0 aliphatic carbocycles. The summed E-state index contributed by atoms with van der Waals surface area (Å²) in [7, 11) is 0. The molecule has 2 aromatic rings. The van der Waals surface area contributed by atoms with Gasteiger partial charge in [-0.05, 0) is 42.1 Å². The number of aliphatic carboxylic acids is 1. The normalized spacial score (nSPS) is 12.2. The molecule has 1 atom stereocenters. The third-order valence-corrected chi connectivity index (χ3v) is 4.01. The largest absolute Gasteiger partial charge is 0.479 e. The van der Waals surface area contributed by atoms with Gasteiger partial charge in [-0.1, -0.05) is 23.2 Å². The summed E-state index contributed by atoms with van der Waals surface area (Å²) in [5, 5.41) is 15.1. The number of hydrogen-bond donors (Lipinski definition) is 2. The highest BCUT2D eigenvalue weighted by Crippen LogP contribution is 2.29. The Morgan fingerprint density at radius 2 is 1.89 bits per heavy atom. The number of thiophene rings is 1. The number of carbonyl (C=O) groups is 1. The third kappa shape index (κ3) is 3.62. The van der Waals surface area contributed by atoms with Gasteiger partial charge < -0.3 is 10.4 Å². The van der Waals surface area contributed by atoms with Crippen LogP contribution in [0.1, 0.15) is 16.5 Å². The summed E-state index contributed by atoms with van der Waals surface area (Å²) in [6.45, 7) is 1.93. The molecule has 0 saturated carbocycles. The number of benzene rings is 1. The molecule has 0 spiro atoms. The first-order valence-electron chi connectivity index (χ1n) is 5.46. The molecular formula is C13H11Cl2NO2S. The maximum absolute atomic E-state index is 11.4. The van der Waals surface area contributed by atoms with Crippen LogP contribution in [0.15, 0.2) is 29.6 Å². The van der Waals surface area contributed by atoms with E-state index in [4.69, 9.17) is 23.2 Å². The zero-order chi connectivity index (χ0) is 14.0. The highest BCUT2D eigenvalue weighted by Gasteiger charge is 2.21. The van der Waals surface area contributed by atoms with Crippen LogP contribution >= 0.6 is 34.5 Å². The van der Waals surface area contributed by atoms with Gasteiger partial charge in [0, 0.05) is 20.6 Å². The molecule has 0 aliphatic rings. The average molecular weight is 316 g/mol. The van der Waals surface area contributed by atoms with Gasteiger partial charge in [0.2, 0.25) is 0 Å². The highest BCUT2D eigenvalue weighted by atomic mass is 35.5. The molecule has 1 aromatic heterocycles. The number of carboxylic acid groups (broad SMARTS) is 1. The molecule has 2 rings (SSSR count). The molecule has 100 valence electrons. The van der Waals surface area contributed by atoms with Gasteiger partial charge in [-0.2, -0.15) is 0 Å². The maximum atomic E-state index is 11.4. The fraction of sp³-hybridized carbons (Fsp3) is 0.154. The predicted molar refractivity (Wildman–Crippen MR) is 79.5 cm³/mol. The smallest absolute Gasteiger partial charge is 0.331 e. The van der Waals surface area contributed by atoms with E-state index in [-0.39, 0.29) is 0 Å². The second-order valence-electron chi connectivity index (χ2n) is 4.10. The van der Waals surface area contributed by atoms with E-state index in [1.165, 1.54) is 11.3 Å². The van der Waals surface area contributed by atoms with Crippen molar-refractivity contribution in [3.05, 3.63) is 50.1 Å². The van der Waals surface area contributed by atoms with Crippen molar-refractivity contribution in [1.82, 2.24) is 0 Å². The van der Waals surface area contributed by atoms with Gasteiger partial charge >= 0.3 is 5.97 Å². The van der Waals surface area contributed by atoms with Crippen LogP contribution in [0, 0.1) is 6.92 Å². The van der Waals surface area contributed by atoms with Crippen LogP contribution in [0.4, 0.5) is 5.69 Å². The van der Waals surface area contributed by atoms with E-state index in [2.05, 4.69) is 5.32 Å². The molecule has 6 heteroatoms. The van der Waals surface area contributed by atoms with E-state index in [0.717, 1.165) is 10.4 Å². The molecule has 0 amide bonds. The Balaban J connectivity index is 2.29. The van der Waals surface area contributed by atoms with E-state index in [9.17, 15) is 9.90 Å². The Kier molecular flexibility index (Phi) is 4.34. The minimum absolute atomic E-state index is 0.460. The van der Waals surface area contributed by atoms with Crippen molar-refractivity contribution in [2.45, 2.75) is 13.0 Å². The summed E-state index contributed by atoms with van der Waals surface area (Å²) >= 11 is 13.2. The molecule has 1 unspecified atom stereocenters. The van der Waals surface area contributed by atoms with E-state index in [1.54, 1.807) is 18.2 Å². The van der Waals surface area contributed by atoms with Crippen LogP contribution in [0.2, 0.25) is 10.0 Å². The zero-order valence-electron chi connectivity index (χ0n) is 9.98. The molecule has 1 heterocycles. The molecule has 1 aromatic carbocycles. The van der Waals surface area contributed by atoms with Gasteiger partial charge in [0.05, 0.1) is 0 Å². The molecule has 0 aliphatic heterocycles. The van der Waals surface area contributed by atoms with Crippen LogP contribution in [-0.4, -0.2) is 11.1 Å². The number of aryl methyl sites for hydroxylation is 1. The molecule has 0 bridgehead atoms. The van der Waals surface area contributed by atoms with E-state index in [0.29, 0.717) is 15.7 Å². The predicted octanol–water partition coefficient (Wildman–Crippen LogP) is 4.60. The summed E-state index contributed by atoms with van der Waals surface area (Å²) in [5.74, 6) is -0.946. The second-order valence-corrected chi connectivity index (χ2v) is 5.92. The standard InChI is InChI=1S/C13H11Cl2NO2S/c1-7-2-11(19-6-7)12(13(17)18)16-10-4-8(14)3-9(15)5-10/h2-6,12,16H,1H3,(H,17,18). The van der Waals surface area contributed by atoms with Crippen molar-refractivity contribution >= 4 is 46.2 Å². The van der Waals surface area contributed by atoms with Crippen LogP contribution in [-0.2, 0) is 4.79 Å². The minimum atomic E-state index is -0.946. The van der Waals surface area contributed by atoms with Gasteiger partial charge in [0.25, 0.3) is 0 Å². The van der Waals surface area contributed by atoms with Gasteiger partial charge in [-0.15, -0.1) is 11.3 Å². The average Bonchev–Trinajstić information content (AvgIpc) is 2.70. The SMILES string of the molecule is Cc1csc(C(Nc2cc(Cl)cc(Cl)c2)C(=O)O)c1. The maximum Gasteiger partial charge on any atom is 0.331 e. The molecule has 19 heavy (non-hydrogen) atoms. The lowest BCUT2D eigenvalue weighted by Crippen LogP contribution is -2.19. The van der Waals surface area contributed by atoms with E-state index >= 15 is 0 Å². The first-order chi connectivity index (χ1) is 8.95. The van der Waals surface area contributed by atoms with Crippen LogP contribution in [0.25, 0.3) is 0 Å². The number of carboxylic acids is 1. The van der Waals surface area contributed by atoms with Crippen molar-refractivity contribution in [1.29, 1.82) is 0 Å². The Bertz CT molecular complexity index is 592. The summed E-state index contributed by atoms with van der Waals surface area (Å²) < 4.78 is 0. The van der Waals surface area contributed by atoms with Crippen molar-refractivity contribution in [2.75, 3.05) is 5.32 Å². The van der Waals surface area contributed by atoms with Gasteiger partial charge in [0.1, 0.15) is 0 Å². The lowest BCUT2D eigenvalue weighted by molar-refractivity contribution is -0.138. The number of halogens is 2. The molecule has 0 radical (unpaired) electrons. The fourth-order valence-corrected chi connectivity index (χ4v) is 3.13. The molecule has 0 saturated heterocycles. The second kappa shape index (κ2) is 5.82. The number of anilines is 1. The third-order valence-electron chi connectivity index (χ3n) is 2.46. The van der Waals surface area contributed by atoms with Crippen molar-refractivity contribution in [3.8, 4) is 0 Å². The highest BCUT2D eigenvalue weighted by molar-refractivity contribution is 7.10. The summed E-state index contributed by atoms with van der Waals surface area (Å²) in [6, 6.07) is 5.92. The lowest BCUT2D eigenvalue weighted by atomic mass is 10.2. The Morgan fingerprint density at radius 3 is 2.37 bits per heavy atom. The minimum Gasteiger partial charge on any atom is -0.479 e. The van der Waals surface area contributed by atoms with Crippen LogP contribution in [0.3, 0.4) is 0 Å². The Morgan fingerprint density at radius 1 is 1.26 bits per heavy atom. The molecule has 2 N–H and O–H groups in total. The summed E-state index contributed by atoms with van der Waals surface area (Å²) in [4.78, 5) is 12.1. The Hall–Kier alpha value is -1.23. The van der Waals surface area contributed by atoms with Crippen molar-refractivity contribution in [3.63, 3.8) is 0 Å². The number of hydrogen-bond acceptors (Lipinski definition) is 3. The fourth-order valence-electron chi connectivity index (χ4n) is 1.66. The summed E-state index contributed by atoms with van der Waals surface area (Å²) in [5.41, 5.74) is 1.62. The first-order valence-corrected chi connectivity index (χ1v) is 7.10. The topological polar surface area (TPSA) is 49.3 Å². The first kappa shape index (κ1) is 14.2. The van der Waals surface area contributed by atoms with Gasteiger partial charge in [-0.25, -0.2) is 4.79 Å².